The third-order valence-electron chi connectivity index (χ3n) is 5.47. The number of morpholine rings is 1. The minimum atomic E-state index is -4.51. The van der Waals surface area contributed by atoms with Crippen LogP contribution >= 0.6 is 11.6 Å². The van der Waals surface area contributed by atoms with E-state index < -0.39 is 17.8 Å². The molecule has 2 amide bonds. The lowest BCUT2D eigenvalue weighted by Gasteiger charge is -2.30. The van der Waals surface area contributed by atoms with Crippen molar-refractivity contribution in [3.63, 3.8) is 0 Å². The van der Waals surface area contributed by atoms with E-state index in [-0.39, 0.29) is 30.1 Å². The van der Waals surface area contributed by atoms with Gasteiger partial charge in [-0.15, -0.1) is 0 Å². The third-order valence-corrected chi connectivity index (χ3v) is 5.63. The van der Waals surface area contributed by atoms with Crippen molar-refractivity contribution in [1.82, 2.24) is 19.8 Å². The molecule has 0 bridgehead atoms. The van der Waals surface area contributed by atoms with Gasteiger partial charge in [0.15, 0.2) is 0 Å². The molecule has 1 fully saturated rings. The monoisotopic (exact) mass is 470 g/mol. The summed E-state index contributed by atoms with van der Waals surface area (Å²) < 4.78 is 44.8. The minimum absolute atomic E-state index is 0.0108. The van der Waals surface area contributed by atoms with Crippen LogP contribution in [0.25, 0.3) is 0 Å². The second-order valence-electron chi connectivity index (χ2n) is 7.76. The molecule has 172 valence electrons. The molecule has 4 rings (SSSR count). The standard InChI is InChI=1S/C20H22ClF3N6O2/c1-11(12-6-13(20(22,23)24)8-14(25)7-12)26-17-15-9-30(10-16(15)27-18(21)28-17)19(31)29-2-4-32-5-3-29/h6-8,11H,2-5,9-10,25H2,1H3,(H,26,27,28)/t11-/m1/s1. The molecule has 32 heavy (non-hydrogen) atoms. The quantitative estimate of drug-likeness (QED) is 0.525. The van der Waals surface area contributed by atoms with Gasteiger partial charge in [0.1, 0.15) is 5.82 Å². The summed E-state index contributed by atoms with van der Waals surface area (Å²) in [4.78, 5) is 24.7. The second kappa shape index (κ2) is 8.62. The fourth-order valence-corrected chi connectivity index (χ4v) is 4.00. The summed E-state index contributed by atoms with van der Waals surface area (Å²) in [6.07, 6.45) is -4.51. The van der Waals surface area contributed by atoms with E-state index in [1.807, 2.05) is 0 Å². The summed E-state index contributed by atoms with van der Waals surface area (Å²) in [5, 5.41) is 3.10. The Labute approximate surface area is 187 Å². The number of nitrogens with two attached hydrogens (primary N) is 1. The number of benzene rings is 1. The third kappa shape index (κ3) is 4.68. The lowest BCUT2D eigenvalue weighted by molar-refractivity contribution is -0.137. The van der Waals surface area contributed by atoms with Gasteiger partial charge in [-0.1, -0.05) is 0 Å². The lowest BCUT2D eigenvalue weighted by Crippen LogP contribution is -2.46. The van der Waals surface area contributed by atoms with E-state index in [1.54, 1.807) is 16.7 Å². The number of hydrogen-bond acceptors (Lipinski definition) is 6. The van der Waals surface area contributed by atoms with Gasteiger partial charge in [0.05, 0.1) is 43.6 Å². The average molecular weight is 471 g/mol. The van der Waals surface area contributed by atoms with E-state index in [9.17, 15) is 18.0 Å². The van der Waals surface area contributed by atoms with E-state index in [1.165, 1.54) is 6.07 Å². The Morgan fingerprint density at radius 2 is 1.91 bits per heavy atom. The highest BCUT2D eigenvalue weighted by Crippen LogP contribution is 2.35. The molecule has 1 saturated heterocycles. The second-order valence-corrected chi connectivity index (χ2v) is 8.09. The van der Waals surface area contributed by atoms with E-state index in [2.05, 4.69) is 15.3 Å². The predicted molar refractivity (Wildman–Crippen MR) is 112 cm³/mol. The summed E-state index contributed by atoms with van der Waals surface area (Å²) in [5.41, 5.74) is 6.51. The predicted octanol–water partition coefficient (Wildman–Crippen LogP) is 3.67. The number of alkyl halides is 3. The normalized spacial score (nSPS) is 17.3. The minimum Gasteiger partial charge on any atom is -0.399 e. The Hall–Kier alpha value is -2.79. The van der Waals surface area contributed by atoms with Crippen molar-refractivity contribution in [3.05, 3.63) is 45.9 Å². The van der Waals surface area contributed by atoms with Crippen molar-refractivity contribution in [2.45, 2.75) is 32.2 Å². The summed E-state index contributed by atoms with van der Waals surface area (Å²) in [6.45, 7) is 4.23. The summed E-state index contributed by atoms with van der Waals surface area (Å²) in [6, 6.07) is 2.73. The van der Waals surface area contributed by atoms with Gasteiger partial charge in [-0.05, 0) is 42.3 Å². The molecular weight excluding hydrogens is 449 g/mol. The van der Waals surface area contributed by atoms with Gasteiger partial charge >= 0.3 is 12.2 Å². The molecule has 1 aromatic carbocycles. The van der Waals surface area contributed by atoms with Gasteiger partial charge in [0, 0.05) is 24.3 Å². The van der Waals surface area contributed by atoms with Crippen molar-refractivity contribution in [2.24, 2.45) is 0 Å². The Morgan fingerprint density at radius 1 is 1.19 bits per heavy atom. The molecule has 2 aromatic rings. The van der Waals surface area contributed by atoms with Gasteiger partial charge in [-0.25, -0.2) is 14.8 Å². The number of urea groups is 1. The SMILES string of the molecule is C[C@@H](Nc1nc(Cl)nc2c1CN(C(=O)N1CCOCC1)C2)c1cc(N)cc(C(F)(F)F)c1. The van der Waals surface area contributed by atoms with Gasteiger partial charge < -0.3 is 25.6 Å². The molecule has 0 aliphatic carbocycles. The Morgan fingerprint density at radius 3 is 2.59 bits per heavy atom. The zero-order valence-corrected chi connectivity index (χ0v) is 18.0. The number of fused-ring (bicyclic) bond motifs is 1. The number of nitrogens with zero attached hydrogens (tertiary/aromatic N) is 4. The Kier molecular flexibility index (Phi) is 6.04. The molecule has 8 nitrogen and oxygen atoms in total. The van der Waals surface area contributed by atoms with Crippen molar-refractivity contribution in [3.8, 4) is 0 Å². The number of nitrogens with one attached hydrogen (secondary N) is 1. The summed E-state index contributed by atoms with van der Waals surface area (Å²) in [5.74, 6) is 0.376. The van der Waals surface area contributed by atoms with Crippen LogP contribution in [0, 0.1) is 0 Å². The molecule has 1 atom stereocenters. The first-order valence-electron chi connectivity index (χ1n) is 10.0. The van der Waals surface area contributed by atoms with Crippen molar-refractivity contribution < 1.29 is 22.7 Å². The van der Waals surface area contributed by atoms with Crippen LogP contribution in [0.2, 0.25) is 5.28 Å². The van der Waals surface area contributed by atoms with Crippen LogP contribution in [-0.4, -0.2) is 52.1 Å². The summed E-state index contributed by atoms with van der Waals surface area (Å²) in [7, 11) is 0. The number of halogens is 4. The molecule has 0 unspecified atom stereocenters. The molecule has 0 saturated carbocycles. The van der Waals surface area contributed by atoms with E-state index in [4.69, 9.17) is 22.1 Å². The van der Waals surface area contributed by atoms with Gasteiger partial charge in [-0.2, -0.15) is 13.2 Å². The number of anilines is 2. The molecule has 0 spiro atoms. The number of carbonyl (C=O) groups is 1. The molecular formula is C20H22ClF3N6O2. The first-order chi connectivity index (χ1) is 15.1. The molecule has 1 aromatic heterocycles. The van der Waals surface area contributed by atoms with Crippen LogP contribution in [0.1, 0.15) is 35.3 Å². The zero-order chi connectivity index (χ0) is 23.0. The highest BCUT2D eigenvalue weighted by Gasteiger charge is 2.33. The smallest absolute Gasteiger partial charge is 0.399 e. The van der Waals surface area contributed by atoms with Gasteiger partial charge in [-0.3, -0.25) is 0 Å². The number of ether oxygens (including phenoxy) is 1. The van der Waals surface area contributed by atoms with Gasteiger partial charge in [0.2, 0.25) is 5.28 Å². The molecule has 3 heterocycles. The van der Waals surface area contributed by atoms with Crippen molar-refractivity contribution in [1.29, 1.82) is 0 Å². The number of amides is 2. The average Bonchev–Trinajstić information content (AvgIpc) is 3.17. The van der Waals surface area contributed by atoms with Crippen LogP contribution in [0.3, 0.4) is 0 Å². The number of rotatable bonds is 3. The largest absolute Gasteiger partial charge is 0.416 e. The fraction of sp³-hybridized carbons (Fsp3) is 0.450. The first kappa shape index (κ1) is 22.4. The maximum atomic E-state index is 13.2. The topological polar surface area (TPSA) is 96.6 Å². The fourth-order valence-electron chi connectivity index (χ4n) is 3.81. The highest BCUT2D eigenvalue weighted by molar-refractivity contribution is 6.28. The van der Waals surface area contributed by atoms with Crippen LogP contribution in [0.15, 0.2) is 18.2 Å². The maximum absolute atomic E-state index is 13.2. The van der Waals surface area contributed by atoms with Crippen molar-refractivity contribution >= 4 is 29.1 Å². The highest BCUT2D eigenvalue weighted by atomic mass is 35.5. The molecule has 3 N–H and O–H groups in total. The zero-order valence-electron chi connectivity index (χ0n) is 17.2. The Balaban J connectivity index is 1.56. The first-order valence-corrected chi connectivity index (χ1v) is 10.4. The van der Waals surface area contributed by atoms with Crippen LogP contribution in [0.5, 0.6) is 0 Å². The molecule has 0 radical (unpaired) electrons. The lowest BCUT2D eigenvalue weighted by atomic mass is 10.0. The summed E-state index contributed by atoms with van der Waals surface area (Å²) >= 11 is 6.08. The number of aromatic nitrogens is 2. The van der Waals surface area contributed by atoms with Crippen LogP contribution in [-0.2, 0) is 24.0 Å². The molecule has 2 aliphatic heterocycles. The van der Waals surface area contributed by atoms with E-state index in [0.29, 0.717) is 48.9 Å². The van der Waals surface area contributed by atoms with Crippen LogP contribution in [0.4, 0.5) is 29.5 Å². The Bertz CT molecular complexity index is 1030. The van der Waals surface area contributed by atoms with Crippen molar-refractivity contribution in [2.75, 3.05) is 37.4 Å². The van der Waals surface area contributed by atoms with E-state index in [0.717, 1.165) is 12.1 Å². The number of hydrogen-bond donors (Lipinski definition) is 2. The maximum Gasteiger partial charge on any atom is 0.416 e. The van der Waals surface area contributed by atoms with Crippen LogP contribution < -0.4 is 11.1 Å². The number of carbonyl (C=O) groups excluding carboxylic acids is 1. The number of nitrogen functional groups attached to an aromatic ring is 1. The molecule has 12 heteroatoms. The van der Waals surface area contributed by atoms with E-state index >= 15 is 0 Å². The van der Waals surface area contributed by atoms with Gasteiger partial charge in [0.25, 0.3) is 0 Å². The molecule has 2 aliphatic rings.